The number of quaternary nitrogens is 1. The number of hydrogen-bond acceptors (Lipinski definition) is 3. The van der Waals surface area contributed by atoms with Gasteiger partial charge in [0.15, 0.2) is 0 Å². The quantitative estimate of drug-likeness (QED) is 0.159. The van der Waals surface area contributed by atoms with Crippen LogP contribution in [0, 0.1) is 11.8 Å². The number of aliphatic hydroxyl groups is 1. The Labute approximate surface area is 357 Å². The Bertz CT molecular complexity index is 2170. The lowest BCUT2D eigenvalue weighted by Crippen LogP contribution is -2.67. The Hall–Kier alpha value is -3.99. The summed E-state index contributed by atoms with van der Waals surface area (Å²) in [4.78, 5) is 4.69. The van der Waals surface area contributed by atoms with Crippen molar-refractivity contribution in [2.75, 3.05) is 20.2 Å². The molecular formula is C55H73N2O2+. The van der Waals surface area contributed by atoms with Crippen molar-refractivity contribution in [1.82, 2.24) is 4.98 Å². The molecule has 5 atom stereocenters. The molecule has 3 fully saturated rings. The van der Waals surface area contributed by atoms with Gasteiger partial charge in [0.2, 0.25) is 0 Å². The van der Waals surface area contributed by atoms with Crippen LogP contribution >= 0.6 is 0 Å². The van der Waals surface area contributed by atoms with Gasteiger partial charge in [-0.05, 0) is 127 Å². The van der Waals surface area contributed by atoms with Gasteiger partial charge < -0.3 is 14.3 Å². The summed E-state index contributed by atoms with van der Waals surface area (Å²) >= 11 is 0. The molecule has 3 unspecified atom stereocenters. The summed E-state index contributed by atoms with van der Waals surface area (Å²) in [6.45, 7) is 33.4. The van der Waals surface area contributed by atoms with Crippen LogP contribution in [0.5, 0.6) is 5.75 Å². The number of piperidine rings is 3. The van der Waals surface area contributed by atoms with Crippen LogP contribution in [0.2, 0.25) is 0 Å². The van der Waals surface area contributed by atoms with Gasteiger partial charge in [-0.1, -0.05) is 126 Å². The molecule has 3 aliphatic heterocycles. The van der Waals surface area contributed by atoms with Gasteiger partial charge in [-0.3, -0.25) is 4.98 Å². The normalized spacial score (nSPS) is 21.8. The largest absolute Gasteiger partial charge is 0.497 e. The Morgan fingerprint density at radius 2 is 1.19 bits per heavy atom. The first-order valence-electron chi connectivity index (χ1n) is 22.4. The van der Waals surface area contributed by atoms with Crippen molar-refractivity contribution in [3.05, 3.63) is 118 Å². The standard InChI is InChI=1S/C55H73N2O2/c1-15-36-34-57(21-19-37(36)29-50(57)51(58)47-18-20-56-49-17-16-46(59-14)32-48(47)49)33-35-22-38(40-25-42(52(2,3)4)30-43(26-40)53(5,6)7)24-39(23-35)41-27-44(54(8,9)10)31-45(28-41)55(11,12)13/h16-18,20,22-28,30-32,36-37,50-51,58H,15,19,21,29,33-34H2,1-14H3/q+1/t36?,37?,50?,51-,57-/m1/s1. The van der Waals surface area contributed by atoms with Gasteiger partial charge in [-0.15, -0.1) is 0 Å². The van der Waals surface area contributed by atoms with Gasteiger partial charge in [0.05, 0.1) is 25.7 Å². The number of rotatable bonds is 8. The van der Waals surface area contributed by atoms with Gasteiger partial charge in [0.25, 0.3) is 0 Å². The molecule has 0 spiro atoms. The van der Waals surface area contributed by atoms with Gasteiger partial charge in [-0.25, -0.2) is 0 Å². The molecule has 314 valence electrons. The molecule has 0 amide bonds. The number of nitrogens with zero attached hydrogens (tertiary/aromatic N) is 2. The number of hydrogen-bond donors (Lipinski definition) is 1. The van der Waals surface area contributed by atoms with E-state index in [9.17, 15) is 5.11 Å². The monoisotopic (exact) mass is 794 g/mol. The number of aromatic nitrogens is 1. The van der Waals surface area contributed by atoms with Crippen molar-refractivity contribution < 1.29 is 14.3 Å². The molecule has 59 heavy (non-hydrogen) atoms. The van der Waals surface area contributed by atoms with E-state index in [1.165, 1.54) is 62.9 Å². The molecule has 4 aromatic carbocycles. The fourth-order valence-corrected chi connectivity index (χ4v) is 10.2. The van der Waals surface area contributed by atoms with E-state index in [-0.39, 0.29) is 27.7 Å². The summed E-state index contributed by atoms with van der Waals surface area (Å²) in [6, 6.07) is 30.3. The van der Waals surface area contributed by atoms with Crippen LogP contribution in [0.25, 0.3) is 33.2 Å². The van der Waals surface area contributed by atoms with Crippen LogP contribution in [0.15, 0.2) is 85.1 Å². The van der Waals surface area contributed by atoms with E-state index in [2.05, 4.69) is 151 Å². The second kappa shape index (κ2) is 15.5. The fourth-order valence-electron chi connectivity index (χ4n) is 10.2. The van der Waals surface area contributed by atoms with Crippen LogP contribution in [0.3, 0.4) is 0 Å². The van der Waals surface area contributed by atoms with E-state index in [1.54, 1.807) is 7.11 Å². The zero-order valence-corrected chi connectivity index (χ0v) is 38.9. The minimum Gasteiger partial charge on any atom is -0.497 e. The number of ether oxygens (including phenoxy) is 1. The van der Waals surface area contributed by atoms with E-state index in [1.807, 2.05) is 24.4 Å². The van der Waals surface area contributed by atoms with Crippen LogP contribution in [0.4, 0.5) is 0 Å². The van der Waals surface area contributed by atoms with Crippen molar-refractivity contribution >= 4 is 10.9 Å². The van der Waals surface area contributed by atoms with Crippen LogP contribution in [-0.2, 0) is 28.2 Å². The molecule has 4 nitrogen and oxygen atoms in total. The summed E-state index contributed by atoms with van der Waals surface area (Å²) in [5.74, 6) is 2.08. The van der Waals surface area contributed by atoms with Crippen LogP contribution < -0.4 is 4.74 Å². The van der Waals surface area contributed by atoms with E-state index < -0.39 is 6.10 Å². The van der Waals surface area contributed by atoms with Crippen molar-refractivity contribution in [1.29, 1.82) is 0 Å². The van der Waals surface area contributed by atoms with Gasteiger partial charge in [0.1, 0.15) is 24.4 Å². The van der Waals surface area contributed by atoms with Gasteiger partial charge in [0, 0.05) is 35.9 Å². The third kappa shape index (κ3) is 8.78. The summed E-state index contributed by atoms with van der Waals surface area (Å²) in [5.41, 5.74) is 13.8. The highest BCUT2D eigenvalue weighted by atomic mass is 16.5. The van der Waals surface area contributed by atoms with E-state index in [4.69, 9.17) is 9.72 Å². The molecule has 0 radical (unpaired) electrons. The predicted molar refractivity (Wildman–Crippen MR) is 249 cm³/mol. The highest BCUT2D eigenvalue weighted by Crippen LogP contribution is 2.49. The molecule has 1 aromatic heterocycles. The lowest BCUT2D eigenvalue weighted by Gasteiger charge is -2.58. The second-order valence-electron chi connectivity index (χ2n) is 22.5. The SMILES string of the molecule is CCC1C[N@+]2(Cc3cc(-c4cc(C(C)(C)C)cc(C(C)(C)C)c4)cc(-c4cc(C(C)(C)C)cc(C(C)(C)C)c4)c3)CCC1CC2[C@H](O)c1ccnc2ccc(OC)cc12. The zero-order valence-electron chi connectivity index (χ0n) is 38.9. The van der Waals surface area contributed by atoms with Crippen molar-refractivity contribution in [3.8, 4) is 28.0 Å². The lowest BCUT2D eigenvalue weighted by atomic mass is 9.70. The number of benzene rings is 4. The first-order chi connectivity index (χ1) is 27.5. The zero-order chi connectivity index (χ0) is 42.9. The summed E-state index contributed by atoms with van der Waals surface area (Å²) < 4.78 is 6.56. The fraction of sp³-hybridized carbons (Fsp3) is 0.509. The molecule has 3 saturated heterocycles. The summed E-state index contributed by atoms with van der Waals surface area (Å²) in [7, 11) is 1.71. The Balaban J connectivity index is 1.43. The van der Waals surface area contributed by atoms with Gasteiger partial charge in [-0.2, -0.15) is 0 Å². The molecule has 1 N–H and O–H groups in total. The molecule has 3 aliphatic rings. The molecule has 0 saturated carbocycles. The topological polar surface area (TPSA) is 42.4 Å². The second-order valence-corrected chi connectivity index (χ2v) is 22.5. The molecule has 0 aliphatic carbocycles. The number of aliphatic hydroxyl groups excluding tert-OH is 1. The summed E-state index contributed by atoms with van der Waals surface area (Å²) in [5, 5.41) is 13.7. The first-order valence-corrected chi connectivity index (χ1v) is 22.4. The predicted octanol–water partition coefficient (Wildman–Crippen LogP) is 13.6. The van der Waals surface area contributed by atoms with E-state index in [0.717, 1.165) is 52.8 Å². The molecule has 2 bridgehead atoms. The highest BCUT2D eigenvalue weighted by Gasteiger charge is 2.54. The number of pyridine rings is 1. The minimum absolute atomic E-state index is 0.00929. The Morgan fingerprint density at radius 1 is 0.678 bits per heavy atom. The van der Waals surface area contributed by atoms with Crippen molar-refractivity contribution in [2.45, 2.75) is 150 Å². The lowest BCUT2D eigenvalue weighted by molar-refractivity contribution is -0.985. The first kappa shape index (κ1) is 43.1. The molecular weight excluding hydrogens is 721 g/mol. The third-order valence-corrected chi connectivity index (χ3v) is 14.1. The van der Waals surface area contributed by atoms with Crippen molar-refractivity contribution in [3.63, 3.8) is 0 Å². The highest BCUT2D eigenvalue weighted by molar-refractivity contribution is 5.84. The minimum atomic E-state index is -0.619. The van der Waals surface area contributed by atoms with Crippen LogP contribution in [-0.4, -0.2) is 40.8 Å². The molecule has 5 aromatic rings. The molecule has 4 heteroatoms. The van der Waals surface area contributed by atoms with Crippen molar-refractivity contribution in [2.24, 2.45) is 11.8 Å². The maximum atomic E-state index is 12.7. The Morgan fingerprint density at radius 3 is 1.66 bits per heavy atom. The average molecular weight is 794 g/mol. The smallest absolute Gasteiger partial charge is 0.131 e. The average Bonchev–Trinajstić information content (AvgIpc) is 3.18. The molecule has 8 rings (SSSR count). The van der Waals surface area contributed by atoms with Gasteiger partial charge >= 0.3 is 0 Å². The Kier molecular flexibility index (Phi) is 11.3. The maximum absolute atomic E-state index is 12.7. The van der Waals surface area contributed by atoms with E-state index >= 15 is 0 Å². The third-order valence-electron chi connectivity index (χ3n) is 14.1. The number of fused-ring (bicyclic) bond motifs is 4. The summed E-state index contributed by atoms with van der Waals surface area (Å²) in [6.07, 6.45) is 4.67. The maximum Gasteiger partial charge on any atom is 0.131 e. The number of methoxy groups -OCH3 is 1. The van der Waals surface area contributed by atoms with E-state index in [0.29, 0.717) is 11.8 Å². The molecule has 4 heterocycles. The van der Waals surface area contributed by atoms with Crippen LogP contribution in [0.1, 0.15) is 149 Å².